The zero-order valence-electron chi connectivity index (χ0n) is 16.3. The van der Waals surface area contributed by atoms with Gasteiger partial charge in [0.15, 0.2) is 5.13 Å². The molecule has 29 heavy (non-hydrogen) atoms. The first-order valence-corrected chi connectivity index (χ1v) is 11.1. The molecule has 1 amide bonds. The second kappa shape index (κ2) is 8.71. The molecule has 0 fully saturated rings. The lowest BCUT2D eigenvalue weighted by Crippen LogP contribution is -2.14. The molecular weight excluding hydrogens is 402 g/mol. The van der Waals surface area contributed by atoms with Gasteiger partial charge in [-0.05, 0) is 48.7 Å². The summed E-state index contributed by atoms with van der Waals surface area (Å²) in [6, 6.07) is 14.1. The third-order valence-corrected chi connectivity index (χ3v) is 6.23. The van der Waals surface area contributed by atoms with Crippen molar-refractivity contribution in [2.24, 2.45) is 0 Å². The quantitative estimate of drug-likeness (QED) is 0.433. The van der Waals surface area contributed by atoms with Crippen molar-refractivity contribution in [2.75, 3.05) is 5.32 Å². The molecule has 4 rings (SSSR count). The Labute approximate surface area is 177 Å². The van der Waals surface area contributed by atoms with Crippen LogP contribution in [0.2, 0.25) is 0 Å². The number of nitrogens with zero attached hydrogens (tertiary/aromatic N) is 2. The van der Waals surface area contributed by atoms with Gasteiger partial charge in [0.1, 0.15) is 17.4 Å². The number of benzene rings is 2. The van der Waals surface area contributed by atoms with Crippen LogP contribution < -0.4 is 10.1 Å². The molecular formula is C22H21N3O2S2. The lowest BCUT2D eigenvalue weighted by molar-refractivity contribution is -0.115. The molecule has 1 N–H and O–H groups in total. The Hall–Kier alpha value is -2.77. The molecule has 0 spiro atoms. The molecule has 0 bridgehead atoms. The van der Waals surface area contributed by atoms with E-state index in [1.807, 2.05) is 36.6 Å². The van der Waals surface area contributed by atoms with Gasteiger partial charge < -0.3 is 10.1 Å². The lowest BCUT2D eigenvalue weighted by atomic mass is 10.2. The first kappa shape index (κ1) is 19.5. The molecule has 0 unspecified atom stereocenters. The van der Waals surface area contributed by atoms with E-state index in [2.05, 4.69) is 40.4 Å². The highest BCUT2D eigenvalue weighted by Crippen LogP contribution is 2.26. The minimum atomic E-state index is -0.117. The minimum Gasteiger partial charge on any atom is -0.486 e. The number of carbonyl (C=O) groups excluding carboxylic acids is 1. The summed E-state index contributed by atoms with van der Waals surface area (Å²) in [7, 11) is 0. The van der Waals surface area contributed by atoms with Crippen LogP contribution in [0.15, 0.2) is 47.8 Å². The topological polar surface area (TPSA) is 64.1 Å². The second-order valence-corrected chi connectivity index (χ2v) is 8.71. The zero-order valence-corrected chi connectivity index (χ0v) is 17.9. The second-order valence-electron chi connectivity index (χ2n) is 6.73. The van der Waals surface area contributed by atoms with Gasteiger partial charge in [-0.25, -0.2) is 9.97 Å². The Morgan fingerprint density at radius 2 is 1.97 bits per heavy atom. The van der Waals surface area contributed by atoms with E-state index in [1.165, 1.54) is 33.8 Å². The smallest absolute Gasteiger partial charge is 0.232 e. The van der Waals surface area contributed by atoms with E-state index in [-0.39, 0.29) is 12.3 Å². The minimum absolute atomic E-state index is 0.117. The van der Waals surface area contributed by atoms with E-state index in [9.17, 15) is 4.79 Å². The third-order valence-electron chi connectivity index (χ3n) is 4.43. The van der Waals surface area contributed by atoms with Gasteiger partial charge in [-0.1, -0.05) is 36.5 Å². The number of hydrogen-bond acceptors (Lipinski definition) is 6. The van der Waals surface area contributed by atoms with Crippen molar-refractivity contribution in [3.05, 3.63) is 69.7 Å². The van der Waals surface area contributed by atoms with E-state index < -0.39 is 0 Å². The molecule has 7 heteroatoms. The summed E-state index contributed by atoms with van der Waals surface area (Å²) in [5, 5.41) is 6.25. The summed E-state index contributed by atoms with van der Waals surface area (Å²) in [5.74, 6) is 0.705. The van der Waals surface area contributed by atoms with E-state index >= 15 is 0 Å². The molecule has 0 atom stereocenters. The Morgan fingerprint density at radius 1 is 1.14 bits per heavy atom. The van der Waals surface area contributed by atoms with Crippen LogP contribution in [0.5, 0.6) is 5.75 Å². The van der Waals surface area contributed by atoms with Gasteiger partial charge in [0.25, 0.3) is 0 Å². The van der Waals surface area contributed by atoms with Crippen LogP contribution in [-0.4, -0.2) is 15.9 Å². The number of carbonyl (C=O) groups is 1. The molecule has 0 saturated heterocycles. The van der Waals surface area contributed by atoms with Crippen molar-refractivity contribution in [3.8, 4) is 5.75 Å². The van der Waals surface area contributed by atoms with Gasteiger partial charge in [-0.2, -0.15) is 0 Å². The van der Waals surface area contributed by atoms with Gasteiger partial charge in [0, 0.05) is 5.38 Å². The number of aryl methyl sites for hydroxylation is 2. The number of rotatable bonds is 7. The van der Waals surface area contributed by atoms with Crippen molar-refractivity contribution in [2.45, 2.75) is 33.3 Å². The van der Waals surface area contributed by atoms with Crippen molar-refractivity contribution in [1.82, 2.24) is 9.97 Å². The fourth-order valence-corrected chi connectivity index (χ4v) is 4.56. The van der Waals surface area contributed by atoms with Gasteiger partial charge in [0.05, 0.1) is 22.3 Å². The Kier molecular flexibility index (Phi) is 5.87. The summed E-state index contributed by atoms with van der Waals surface area (Å²) in [5.41, 5.74) is 4.10. The summed E-state index contributed by atoms with van der Waals surface area (Å²) in [4.78, 5) is 21.3. The summed E-state index contributed by atoms with van der Waals surface area (Å²) in [6.07, 6.45) is 1.23. The van der Waals surface area contributed by atoms with Crippen molar-refractivity contribution in [1.29, 1.82) is 0 Å². The number of ether oxygens (including phenoxy) is 1. The average molecular weight is 424 g/mol. The highest BCUT2D eigenvalue weighted by Gasteiger charge is 2.11. The van der Waals surface area contributed by atoms with E-state index in [4.69, 9.17) is 4.74 Å². The maximum Gasteiger partial charge on any atom is 0.232 e. The van der Waals surface area contributed by atoms with E-state index in [1.54, 1.807) is 0 Å². The number of nitrogens with one attached hydrogen (secondary N) is 1. The van der Waals surface area contributed by atoms with Gasteiger partial charge in [-0.3, -0.25) is 4.79 Å². The maximum atomic E-state index is 12.4. The Balaban J connectivity index is 1.32. The Morgan fingerprint density at radius 3 is 2.76 bits per heavy atom. The normalized spacial score (nSPS) is 11.0. The lowest BCUT2D eigenvalue weighted by Gasteiger charge is -2.04. The molecule has 148 valence electrons. The van der Waals surface area contributed by atoms with Gasteiger partial charge in [0.2, 0.25) is 5.91 Å². The Bertz CT molecular complexity index is 1130. The summed E-state index contributed by atoms with van der Waals surface area (Å²) >= 11 is 2.98. The van der Waals surface area contributed by atoms with Crippen LogP contribution in [0.1, 0.15) is 28.8 Å². The van der Waals surface area contributed by atoms with Crippen molar-refractivity contribution >= 4 is 43.9 Å². The number of aromatic nitrogens is 2. The standard InChI is InChI=1S/C22H21N3O2S2/c1-3-15-5-7-17(8-6-15)27-12-21-23-16(13-28-21)11-20(26)25-22-24-18-9-4-14(2)10-19(18)29-22/h4-10,13H,3,11-12H2,1-2H3,(H,24,25,26). The monoisotopic (exact) mass is 423 g/mol. The summed E-state index contributed by atoms with van der Waals surface area (Å²) in [6.45, 7) is 4.57. The largest absolute Gasteiger partial charge is 0.486 e. The molecule has 0 radical (unpaired) electrons. The van der Waals surface area contributed by atoms with Crippen LogP contribution in [0.4, 0.5) is 5.13 Å². The molecule has 0 aliphatic heterocycles. The van der Waals surface area contributed by atoms with Crippen molar-refractivity contribution < 1.29 is 9.53 Å². The molecule has 0 saturated carbocycles. The molecule has 2 aromatic carbocycles. The molecule has 2 heterocycles. The van der Waals surface area contributed by atoms with Crippen molar-refractivity contribution in [3.63, 3.8) is 0 Å². The van der Waals surface area contributed by atoms with E-state index in [0.717, 1.165) is 33.1 Å². The predicted molar refractivity (Wildman–Crippen MR) is 119 cm³/mol. The molecule has 2 aromatic heterocycles. The summed E-state index contributed by atoms with van der Waals surface area (Å²) < 4.78 is 6.86. The molecule has 0 aliphatic rings. The maximum absolute atomic E-state index is 12.4. The van der Waals surface area contributed by atoms with E-state index in [0.29, 0.717) is 11.7 Å². The predicted octanol–water partition coefficient (Wildman–Crippen LogP) is 5.38. The molecule has 5 nitrogen and oxygen atoms in total. The third kappa shape index (κ3) is 4.99. The van der Waals surface area contributed by atoms with Crippen LogP contribution in [0.25, 0.3) is 10.2 Å². The van der Waals surface area contributed by atoms with Gasteiger partial charge >= 0.3 is 0 Å². The number of fused-ring (bicyclic) bond motifs is 1. The van der Waals surface area contributed by atoms with Crippen LogP contribution >= 0.6 is 22.7 Å². The van der Waals surface area contributed by atoms with Gasteiger partial charge in [-0.15, -0.1) is 11.3 Å². The highest BCUT2D eigenvalue weighted by molar-refractivity contribution is 7.22. The molecule has 0 aliphatic carbocycles. The number of hydrogen-bond donors (Lipinski definition) is 1. The SMILES string of the molecule is CCc1ccc(OCc2nc(CC(=O)Nc3nc4ccc(C)cc4s3)cs2)cc1. The number of amides is 1. The highest BCUT2D eigenvalue weighted by atomic mass is 32.1. The fourth-order valence-electron chi connectivity index (χ4n) is 2.88. The number of thiazole rings is 2. The van der Waals surface area contributed by atoms with Crippen LogP contribution in [0.3, 0.4) is 0 Å². The first-order chi connectivity index (χ1) is 14.1. The molecule has 4 aromatic rings. The first-order valence-electron chi connectivity index (χ1n) is 9.41. The number of anilines is 1. The fraction of sp³-hybridized carbons (Fsp3) is 0.227. The van der Waals surface area contributed by atoms with Crippen LogP contribution in [0, 0.1) is 6.92 Å². The van der Waals surface area contributed by atoms with Crippen LogP contribution in [-0.2, 0) is 24.2 Å². The zero-order chi connectivity index (χ0) is 20.2. The average Bonchev–Trinajstić information content (AvgIpc) is 3.32.